The number of para-hydroxylation sites is 1. The Kier molecular flexibility index (Phi) is 4.66. The van der Waals surface area contributed by atoms with Crippen LogP contribution in [0.15, 0.2) is 46.2 Å². The summed E-state index contributed by atoms with van der Waals surface area (Å²) in [5.74, 6) is -0.851. The highest BCUT2D eigenvalue weighted by molar-refractivity contribution is 7.10. The number of nitrogens with one attached hydrogen (secondary N) is 1. The van der Waals surface area contributed by atoms with Gasteiger partial charge in [-0.1, -0.05) is 24.3 Å². The van der Waals surface area contributed by atoms with Gasteiger partial charge in [-0.05, 0) is 31.4 Å². The van der Waals surface area contributed by atoms with E-state index in [1.165, 1.54) is 0 Å². The molecular weight excluding hydrogens is 326 g/mol. The van der Waals surface area contributed by atoms with E-state index in [1.807, 2.05) is 42.6 Å². The molecule has 2 aromatic heterocycles. The van der Waals surface area contributed by atoms with Crippen molar-refractivity contribution in [1.29, 1.82) is 0 Å². The fourth-order valence-electron chi connectivity index (χ4n) is 2.46. The number of fused-ring (bicyclic) bond motifs is 1. The minimum Gasteiger partial charge on any atom is -0.450 e. The molecule has 0 aliphatic carbocycles. The molecule has 24 heavy (non-hydrogen) atoms. The van der Waals surface area contributed by atoms with E-state index in [0.717, 1.165) is 10.3 Å². The number of esters is 1. The van der Waals surface area contributed by atoms with Crippen LogP contribution in [0.1, 0.15) is 34.0 Å². The summed E-state index contributed by atoms with van der Waals surface area (Å²) in [5, 5.41) is 5.60. The molecule has 3 rings (SSSR count). The third-order valence-corrected chi connectivity index (χ3v) is 4.77. The number of furan rings is 1. The molecule has 0 fully saturated rings. The van der Waals surface area contributed by atoms with Crippen LogP contribution in [-0.2, 0) is 9.53 Å². The quantitative estimate of drug-likeness (QED) is 0.715. The van der Waals surface area contributed by atoms with Gasteiger partial charge in [-0.15, -0.1) is 11.3 Å². The first-order chi connectivity index (χ1) is 11.6. The van der Waals surface area contributed by atoms with Crippen molar-refractivity contribution in [2.24, 2.45) is 0 Å². The lowest BCUT2D eigenvalue weighted by molar-refractivity contribution is -0.124. The van der Waals surface area contributed by atoms with Crippen molar-refractivity contribution in [2.75, 3.05) is 6.61 Å². The lowest BCUT2D eigenvalue weighted by atomic mass is 10.1. The maximum atomic E-state index is 12.2. The molecule has 1 aromatic carbocycles. The molecule has 0 bridgehead atoms. The first-order valence-corrected chi connectivity index (χ1v) is 8.42. The van der Waals surface area contributed by atoms with Gasteiger partial charge in [-0.3, -0.25) is 4.79 Å². The predicted octanol–water partition coefficient (Wildman–Crippen LogP) is 3.84. The molecule has 5 nitrogen and oxygen atoms in total. The Hall–Kier alpha value is -2.60. The van der Waals surface area contributed by atoms with Gasteiger partial charge in [-0.2, -0.15) is 0 Å². The second-order valence-electron chi connectivity index (χ2n) is 5.43. The van der Waals surface area contributed by atoms with E-state index in [-0.39, 0.29) is 24.3 Å². The second-order valence-corrected chi connectivity index (χ2v) is 6.41. The largest absolute Gasteiger partial charge is 0.450 e. The third kappa shape index (κ3) is 3.33. The van der Waals surface area contributed by atoms with Crippen molar-refractivity contribution < 1.29 is 18.7 Å². The van der Waals surface area contributed by atoms with Crippen molar-refractivity contribution in [3.8, 4) is 0 Å². The highest BCUT2D eigenvalue weighted by Crippen LogP contribution is 2.25. The van der Waals surface area contributed by atoms with E-state index in [0.29, 0.717) is 11.1 Å². The first-order valence-electron chi connectivity index (χ1n) is 7.54. The minimum absolute atomic E-state index is 0.121. The fourth-order valence-corrected chi connectivity index (χ4v) is 3.19. The fraction of sp³-hybridized carbons (Fsp3) is 0.222. The first kappa shape index (κ1) is 16.3. The highest BCUT2D eigenvalue weighted by Gasteiger charge is 2.20. The Morgan fingerprint density at radius 3 is 2.75 bits per heavy atom. The Balaban J connectivity index is 1.60. The summed E-state index contributed by atoms with van der Waals surface area (Å²) in [6.45, 7) is 3.33. The van der Waals surface area contributed by atoms with E-state index in [9.17, 15) is 9.59 Å². The summed E-state index contributed by atoms with van der Waals surface area (Å²) in [6, 6.07) is 11.1. The van der Waals surface area contributed by atoms with E-state index in [1.54, 1.807) is 24.3 Å². The van der Waals surface area contributed by atoms with Crippen molar-refractivity contribution >= 4 is 34.2 Å². The van der Waals surface area contributed by atoms with Crippen LogP contribution in [0.25, 0.3) is 11.0 Å². The third-order valence-electron chi connectivity index (χ3n) is 3.71. The summed E-state index contributed by atoms with van der Waals surface area (Å²) in [7, 11) is 0. The zero-order valence-electron chi connectivity index (χ0n) is 13.4. The number of carbonyl (C=O) groups excluding carboxylic acids is 2. The summed E-state index contributed by atoms with van der Waals surface area (Å²) >= 11 is 1.56. The molecule has 0 aliphatic heterocycles. The van der Waals surface area contributed by atoms with Crippen LogP contribution in [-0.4, -0.2) is 18.5 Å². The number of carbonyl (C=O) groups is 2. The molecule has 0 unspecified atom stereocenters. The van der Waals surface area contributed by atoms with Crippen LogP contribution in [0.3, 0.4) is 0 Å². The lowest BCUT2D eigenvalue weighted by Gasteiger charge is -2.12. The summed E-state index contributed by atoms with van der Waals surface area (Å²) in [4.78, 5) is 25.1. The summed E-state index contributed by atoms with van der Waals surface area (Å²) in [5.41, 5.74) is 1.33. The van der Waals surface area contributed by atoms with Crippen molar-refractivity contribution in [2.45, 2.75) is 19.9 Å². The maximum absolute atomic E-state index is 12.2. The van der Waals surface area contributed by atoms with Gasteiger partial charge in [0.1, 0.15) is 5.58 Å². The average Bonchev–Trinajstić information content (AvgIpc) is 3.21. The van der Waals surface area contributed by atoms with Crippen LogP contribution < -0.4 is 5.32 Å². The SMILES string of the molecule is Cc1c(C(=O)OCC(=O)N[C@H](C)c2cccs2)oc2ccccc12. The number of thiophene rings is 1. The van der Waals surface area contributed by atoms with Crippen LogP contribution in [0.4, 0.5) is 0 Å². The normalized spacial score (nSPS) is 12.1. The Bertz CT molecular complexity index is 866. The van der Waals surface area contributed by atoms with E-state index >= 15 is 0 Å². The van der Waals surface area contributed by atoms with Crippen LogP contribution >= 0.6 is 11.3 Å². The zero-order chi connectivity index (χ0) is 17.1. The predicted molar refractivity (Wildman–Crippen MR) is 92.1 cm³/mol. The molecule has 2 heterocycles. The molecule has 0 spiro atoms. The second kappa shape index (κ2) is 6.88. The van der Waals surface area contributed by atoms with E-state index in [2.05, 4.69) is 5.32 Å². The van der Waals surface area contributed by atoms with E-state index in [4.69, 9.17) is 9.15 Å². The van der Waals surface area contributed by atoms with Gasteiger partial charge in [0.05, 0.1) is 6.04 Å². The van der Waals surface area contributed by atoms with Gasteiger partial charge in [0.15, 0.2) is 6.61 Å². The number of hydrogen-bond acceptors (Lipinski definition) is 5. The van der Waals surface area contributed by atoms with Crippen LogP contribution in [0, 0.1) is 6.92 Å². The number of rotatable bonds is 5. The molecule has 1 N–H and O–H groups in total. The summed E-state index contributed by atoms with van der Waals surface area (Å²) in [6.07, 6.45) is 0. The molecule has 0 saturated heterocycles. The topological polar surface area (TPSA) is 68.5 Å². The molecule has 0 radical (unpaired) electrons. The van der Waals surface area contributed by atoms with Crippen LogP contribution in [0.5, 0.6) is 0 Å². The smallest absolute Gasteiger partial charge is 0.375 e. The van der Waals surface area contributed by atoms with Gasteiger partial charge in [0.25, 0.3) is 5.91 Å². The Morgan fingerprint density at radius 2 is 2.04 bits per heavy atom. The molecule has 1 atom stereocenters. The average molecular weight is 343 g/mol. The molecule has 3 aromatic rings. The lowest BCUT2D eigenvalue weighted by Crippen LogP contribution is -2.30. The monoisotopic (exact) mass is 343 g/mol. The Labute approximate surface area is 143 Å². The molecule has 6 heteroatoms. The number of aryl methyl sites for hydroxylation is 1. The standard InChI is InChI=1S/C18H17NO4S/c1-11-13-6-3-4-7-14(13)23-17(11)18(21)22-10-16(20)19-12(2)15-8-5-9-24-15/h3-9,12H,10H2,1-2H3,(H,19,20)/t12-/m1/s1. The van der Waals surface area contributed by atoms with Crippen molar-refractivity contribution in [1.82, 2.24) is 5.32 Å². The Morgan fingerprint density at radius 1 is 1.25 bits per heavy atom. The molecule has 124 valence electrons. The molecule has 0 saturated carbocycles. The number of amides is 1. The minimum atomic E-state index is -0.636. The van der Waals surface area contributed by atoms with Gasteiger partial charge in [0.2, 0.25) is 5.76 Å². The molecule has 1 amide bonds. The van der Waals surface area contributed by atoms with Crippen molar-refractivity contribution in [3.05, 3.63) is 58.0 Å². The van der Waals surface area contributed by atoms with E-state index < -0.39 is 5.97 Å². The number of ether oxygens (including phenoxy) is 1. The van der Waals surface area contributed by atoms with Gasteiger partial charge in [0, 0.05) is 15.8 Å². The highest BCUT2D eigenvalue weighted by atomic mass is 32.1. The number of benzene rings is 1. The van der Waals surface area contributed by atoms with Gasteiger partial charge >= 0.3 is 5.97 Å². The molecule has 0 aliphatic rings. The van der Waals surface area contributed by atoms with Crippen molar-refractivity contribution in [3.63, 3.8) is 0 Å². The zero-order valence-corrected chi connectivity index (χ0v) is 14.2. The van der Waals surface area contributed by atoms with Gasteiger partial charge in [-0.25, -0.2) is 4.79 Å². The number of hydrogen-bond donors (Lipinski definition) is 1. The van der Waals surface area contributed by atoms with Gasteiger partial charge < -0.3 is 14.5 Å². The molecular formula is C18H17NO4S. The van der Waals surface area contributed by atoms with Crippen LogP contribution in [0.2, 0.25) is 0 Å². The summed E-state index contributed by atoms with van der Waals surface area (Å²) < 4.78 is 10.6. The maximum Gasteiger partial charge on any atom is 0.375 e.